The lowest BCUT2D eigenvalue weighted by atomic mass is 9.69. The van der Waals surface area contributed by atoms with Crippen molar-refractivity contribution in [3.8, 4) is 11.4 Å². The number of pyridine rings is 2. The molecule has 0 radical (unpaired) electrons. The number of hydrogen-bond donors (Lipinski definition) is 2. The minimum atomic E-state index is -0.876. The Kier molecular flexibility index (Phi) is 5.58. The molecule has 2 aromatic rings. The number of hydrogen-bond acceptors (Lipinski definition) is 4. The van der Waals surface area contributed by atoms with Crippen LogP contribution in [-0.2, 0) is 20.4 Å². The largest absolute Gasteiger partial charge is 0.481 e. The number of rotatable bonds is 5. The summed E-state index contributed by atoms with van der Waals surface area (Å²) in [5.74, 6) is -1.57. The van der Waals surface area contributed by atoms with Crippen molar-refractivity contribution in [2.45, 2.75) is 75.0 Å². The molecule has 0 atom stereocenters. The molecule has 2 heterocycles. The summed E-state index contributed by atoms with van der Waals surface area (Å²) in [5, 5.41) is 20.0. The predicted octanol–water partition coefficient (Wildman–Crippen LogP) is 4.72. The molecule has 6 heteroatoms. The van der Waals surface area contributed by atoms with Crippen LogP contribution in [-0.4, -0.2) is 32.1 Å². The summed E-state index contributed by atoms with van der Waals surface area (Å²) in [6.07, 6.45) is 11.5. The Hall–Kier alpha value is -2.76. The van der Waals surface area contributed by atoms with Gasteiger partial charge in [-0.05, 0) is 61.1 Å². The van der Waals surface area contributed by atoms with E-state index in [9.17, 15) is 19.8 Å². The van der Waals surface area contributed by atoms with Gasteiger partial charge in [0, 0.05) is 12.4 Å². The molecule has 2 aliphatic rings. The molecule has 2 saturated carbocycles. The first-order chi connectivity index (χ1) is 14.5. The first-order valence-electron chi connectivity index (χ1n) is 10.9. The number of aliphatic carboxylic acids is 2. The predicted molar refractivity (Wildman–Crippen MR) is 112 cm³/mol. The van der Waals surface area contributed by atoms with E-state index in [-0.39, 0.29) is 0 Å². The number of carboxylic acids is 2. The van der Waals surface area contributed by atoms with E-state index < -0.39 is 22.8 Å². The third kappa shape index (κ3) is 3.48. The van der Waals surface area contributed by atoms with Crippen molar-refractivity contribution in [3.63, 3.8) is 0 Å². The molecule has 0 bridgehead atoms. The highest BCUT2D eigenvalue weighted by Crippen LogP contribution is 2.42. The van der Waals surface area contributed by atoms with Crippen molar-refractivity contribution >= 4 is 11.9 Å². The third-order valence-corrected chi connectivity index (χ3v) is 7.12. The maximum Gasteiger partial charge on any atom is 0.314 e. The molecular weight excluding hydrogens is 380 g/mol. The van der Waals surface area contributed by atoms with E-state index >= 15 is 0 Å². The van der Waals surface area contributed by atoms with Gasteiger partial charge in [0.2, 0.25) is 0 Å². The molecule has 2 N–H and O–H groups in total. The molecule has 6 nitrogen and oxygen atoms in total. The van der Waals surface area contributed by atoms with E-state index in [1.165, 1.54) is 0 Å². The second kappa shape index (κ2) is 8.17. The summed E-state index contributed by atoms with van der Waals surface area (Å²) in [7, 11) is 0. The summed E-state index contributed by atoms with van der Waals surface area (Å²) in [4.78, 5) is 33.3. The van der Waals surface area contributed by atoms with Gasteiger partial charge in [0.15, 0.2) is 0 Å². The maximum absolute atomic E-state index is 12.2. The highest BCUT2D eigenvalue weighted by molar-refractivity contribution is 5.83. The first-order valence-corrected chi connectivity index (χ1v) is 10.9. The van der Waals surface area contributed by atoms with E-state index in [2.05, 4.69) is 9.97 Å². The van der Waals surface area contributed by atoms with Gasteiger partial charge in [-0.1, -0.05) is 38.5 Å². The van der Waals surface area contributed by atoms with Gasteiger partial charge < -0.3 is 10.2 Å². The van der Waals surface area contributed by atoms with Gasteiger partial charge in [0.1, 0.15) is 0 Å². The molecule has 158 valence electrons. The van der Waals surface area contributed by atoms with Gasteiger partial charge in [0.05, 0.1) is 22.2 Å². The Morgan fingerprint density at radius 3 is 1.37 bits per heavy atom. The standard InChI is InChI=1S/C24H28N2O4/c27-21(28)23(9-3-1-4-10-23)17-7-13-25-19(15-17)20-16-18(8-14-26-20)24(22(29)30)11-5-2-6-12-24/h7-8,13-16H,1-6,9-12H2,(H,27,28)(H,29,30). The fourth-order valence-electron chi connectivity index (χ4n) is 5.30. The van der Waals surface area contributed by atoms with Crippen LogP contribution >= 0.6 is 0 Å². The molecule has 0 spiro atoms. The molecule has 0 saturated heterocycles. The summed E-state index contributed by atoms with van der Waals surface area (Å²) in [5.41, 5.74) is 0.960. The van der Waals surface area contributed by atoms with Crippen molar-refractivity contribution in [1.82, 2.24) is 9.97 Å². The fraction of sp³-hybridized carbons (Fsp3) is 0.500. The zero-order chi connectivity index (χ0) is 21.2. The molecular formula is C24H28N2O4. The van der Waals surface area contributed by atoms with Crippen LogP contribution in [0.15, 0.2) is 36.7 Å². The van der Waals surface area contributed by atoms with Crippen LogP contribution in [0.3, 0.4) is 0 Å². The van der Waals surface area contributed by atoms with E-state index in [1.807, 2.05) is 12.1 Å². The highest BCUT2D eigenvalue weighted by atomic mass is 16.4. The van der Waals surface area contributed by atoms with Gasteiger partial charge in [-0.3, -0.25) is 19.6 Å². The monoisotopic (exact) mass is 408 g/mol. The van der Waals surface area contributed by atoms with Gasteiger partial charge in [-0.15, -0.1) is 0 Å². The van der Waals surface area contributed by atoms with Crippen LogP contribution < -0.4 is 0 Å². The quantitative estimate of drug-likeness (QED) is 0.743. The smallest absolute Gasteiger partial charge is 0.314 e. The number of carbonyl (C=O) groups is 2. The highest BCUT2D eigenvalue weighted by Gasteiger charge is 2.43. The van der Waals surface area contributed by atoms with Crippen LogP contribution in [0.5, 0.6) is 0 Å². The zero-order valence-corrected chi connectivity index (χ0v) is 17.1. The minimum Gasteiger partial charge on any atom is -0.481 e. The summed E-state index contributed by atoms with van der Waals surface area (Å²) in [6.45, 7) is 0. The molecule has 0 aliphatic heterocycles. The van der Waals surface area contributed by atoms with Crippen molar-refractivity contribution in [3.05, 3.63) is 47.8 Å². The van der Waals surface area contributed by atoms with E-state index in [1.54, 1.807) is 24.5 Å². The van der Waals surface area contributed by atoms with E-state index in [4.69, 9.17) is 0 Å². The zero-order valence-electron chi connectivity index (χ0n) is 17.1. The molecule has 0 aromatic carbocycles. The number of carboxylic acid groups (broad SMARTS) is 2. The fourth-order valence-corrected chi connectivity index (χ4v) is 5.30. The van der Waals surface area contributed by atoms with E-state index in [0.29, 0.717) is 37.1 Å². The normalized spacial score (nSPS) is 20.4. The van der Waals surface area contributed by atoms with Gasteiger partial charge in [-0.2, -0.15) is 0 Å². The molecule has 0 amide bonds. The van der Waals surface area contributed by atoms with Crippen LogP contribution in [0.4, 0.5) is 0 Å². The third-order valence-electron chi connectivity index (χ3n) is 7.12. The van der Waals surface area contributed by atoms with Crippen LogP contribution in [0, 0.1) is 0 Å². The van der Waals surface area contributed by atoms with Gasteiger partial charge in [0.25, 0.3) is 0 Å². The maximum atomic E-state index is 12.2. The average Bonchev–Trinajstić information content (AvgIpc) is 2.80. The molecule has 2 aromatic heterocycles. The second-order valence-electron chi connectivity index (χ2n) is 8.76. The molecule has 30 heavy (non-hydrogen) atoms. The van der Waals surface area contributed by atoms with Crippen molar-refractivity contribution < 1.29 is 19.8 Å². The Labute approximate surface area is 176 Å². The topological polar surface area (TPSA) is 100 Å². The summed E-state index contributed by atoms with van der Waals surface area (Å²) in [6, 6.07) is 7.26. The average molecular weight is 408 g/mol. The minimum absolute atomic E-state index is 0.594. The molecule has 4 rings (SSSR count). The Balaban J connectivity index is 1.74. The van der Waals surface area contributed by atoms with Gasteiger partial charge >= 0.3 is 11.9 Å². The molecule has 2 aliphatic carbocycles. The lowest BCUT2D eigenvalue weighted by Gasteiger charge is -2.34. The number of aromatic nitrogens is 2. The lowest BCUT2D eigenvalue weighted by molar-refractivity contribution is -0.146. The summed E-state index contributed by atoms with van der Waals surface area (Å²) >= 11 is 0. The lowest BCUT2D eigenvalue weighted by Crippen LogP contribution is -2.38. The van der Waals surface area contributed by atoms with Crippen LogP contribution in [0.1, 0.15) is 75.3 Å². The number of nitrogens with zero attached hydrogens (tertiary/aromatic N) is 2. The second-order valence-corrected chi connectivity index (χ2v) is 8.76. The molecule has 0 unspecified atom stereocenters. The Morgan fingerprint density at radius 2 is 1.03 bits per heavy atom. The van der Waals surface area contributed by atoms with Crippen molar-refractivity contribution in [1.29, 1.82) is 0 Å². The Morgan fingerprint density at radius 1 is 0.667 bits per heavy atom. The van der Waals surface area contributed by atoms with Crippen LogP contribution in [0.2, 0.25) is 0 Å². The first kappa shape index (κ1) is 20.5. The van der Waals surface area contributed by atoms with Crippen molar-refractivity contribution in [2.24, 2.45) is 0 Å². The Bertz CT molecular complexity index is 866. The SMILES string of the molecule is O=C(O)C1(c2ccnc(-c3cc(C4(C(=O)O)CCCCC4)ccn3)c2)CCCCC1. The van der Waals surface area contributed by atoms with Gasteiger partial charge in [-0.25, -0.2) is 0 Å². The summed E-state index contributed by atoms with van der Waals surface area (Å²) < 4.78 is 0. The molecule has 2 fully saturated rings. The van der Waals surface area contributed by atoms with Crippen LogP contribution in [0.25, 0.3) is 11.4 Å². The van der Waals surface area contributed by atoms with Crippen molar-refractivity contribution in [2.75, 3.05) is 0 Å². The van der Waals surface area contributed by atoms with E-state index in [0.717, 1.165) is 49.7 Å².